The molecule has 2 atom stereocenters. The van der Waals surface area contributed by atoms with Crippen LogP contribution in [0.3, 0.4) is 0 Å². The quantitative estimate of drug-likeness (QED) is 0.867. The minimum atomic E-state index is -0.565. The molecule has 2 nitrogen and oxygen atoms in total. The maximum Gasteiger partial charge on any atom is 0.0635 e. The Labute approximate surface area is 104 Å². The number of nitrogens with zero attached hydrogens (tertiary/aromatic N) is 1. The van der Waals surface area contributed by atoms with E-state index in [0.29, 0.717) is 11.8 Å². The summed E-state index contributed by atoms with van der Waals surface area (Å²) in [5, 5.41) is 10.1. The van der Waals surface area contributed by atoms with Crippen molar-refractivity contribution in [3.63, 3.8) is 0 Å². The number of hydrogen-bond acceptors (Lipinski definition) is 2. The van der Waals surface area contributed by atoms with Crippen molar-refractivity contribution in [3.05, 3.63) is 35.9 Å². The maximum absolute atomic E-state index is 10.1. The lowest BCUT2D eigenvalue weighted by atomic mass is 9.84. The second kappa shape index (κ2) is 4.79. The molecule has 1 N–H and O–H groups in total. The molecule has 1 aromatic rings. The van der Waals surface area contributed by atoms with Crippen LogP contribution in [-0.4, -0.2) is 28.7 Å². The Balaban J connectivity index is 1.98. The molecule has 94 valence electrons. The molecular formula is C15H23NO. The van der Waals surface area contributed by atoms with Gasteiger partial charge in [0.2, 0.25) is 0 Å². The molecule has 1 fully saturated rings. The van der Waals surface area contributed by atoms with Gasteiger partial charge in [-0.05, 0) is 25.3 Å². The summed E-state index contributed by atoms with van der Waals surface area (Å²) in [6.07, 6.45) is 0. The Bertz CT molecular complexity index is 355. The highest BCUT2D eigenvalue weighted by Gasteiger charge is 2.38. The van der Waals surface area contributed by atoms with E-state index in [1.807, 2.05) is 13.8 Å². The van der Waals surface area contributed by atoms with Gasteiger partial charge in [0.15, 0.2) is 0 Å². The molecule has 2 heteroatoms. The van der Waals surface area contributed by atoms with Gasteiger partial charge in [-0.1, -0.05) is 37.3 Å². The molecule has 0 amide bonds. The van der Waals surface area contributed by atoms with E-state index < -0.39 is 5.60 Å². The lowest BCUT2D eigenvalue weighted by molar-refractivity contribution is 0.00709. The summed E-state index contributed by atoms with van der Waals surface area (Å²) in [5.41, 5.74) is 0.793. The summed E-state index contributed by atoms with van der Waals surface area (Å²) >= 11 is 0. The molecule has 0 spiro atoms. The van der Waals surface area contributed by atoms with Crippen LogP contribution in [0.1, 0.15) is 26.3 Å². The van der Waals surface area contributed by atoms with Crippen molar-refractivity contribution in [1.82, 2.24) is 4.90 Å². The van der Waals surface area contributed by atoms with E-state index in [1.54, 1.807) is 0 Å². The minimum Gasteiger partial charge on any atom is -0.390 e. The van der Waals surface area contributed by atoms with Crippen molar-refractivity contribution in [2.45, 2.75) is 32.9 Å². The van der Waals surface area contributed by atoms with Crippen LogP contribution in [0.2, 0.25) is 0 Å². The summed E-state index contributed by atoms with van der Waals surface area (Å²) in [7, 11) is 0. The molecule has 17 heavy (non-hydrogen) atoms. The third-order valence-electron chi connectivity index (χ3n) is 3.84. The van der Waals surface area contributed by atoms with E-state index in [1.165, 1.54) is 5.56 Å². The maximum atomic E-state index is 10.1. The van der Waals surface area contributed by atoms with Crippen LogP contribution < -0.4 is 0 Å². The molecule has 1 saturated heterocycles. The van der Waals surface area contributed by atoms with Crippen LogP contribution in [0.4, 0.5) is 0 Å². The molecular weight excluding hydrogens is 210 g/mol. The van der Waals surface area contributed by atoms with Gasteiger partial charge in [-0.25, -0.2) is 0 Å². The predicted octanol–water partition coefficient (Wildman–Crippen LogP) is 2.53. The van der Waals surface area contributed by atoms with Gasteiger partial charge in [0.05, 0.1) is 5.60 Å². The first-order valence-electron chi connectivity index (χ1n) is 6.45. The SMILES string of the molecule is CC1CN(Cc2ccccc2)CC1C(C)(C)O. The number of benzene rings is 1. The van der Waals surface area contributed by atoms with Gasteiger partial charge in [0.25, 0.3) is 0 Å². The third kappa shape index (κ3) is 3.08. The monoisotopic (exact) mass is 233 g/mol. The zero-order chi connectivity index (χ0) is 12.5. The van der Waals surface area contributed by atoms with Gasteiger partial charge in [-0.3, -0.25) is 4.90 Å². The van der Waals surface area contributed by atoms with Crippen molar-refractivity contribution in [3.8, 4) is 0 Å². The summed E-state index contributed by atoms with van der Waals surface area (Å²) < 4.78 is 0. The molecule has 0 bridgehead atoms. The first kappa shape index (κ1) is 12.6. The van der Waals surface area contributed by atoms with E-state index in [-0.39, 0.29) is 0 Å². The first-order chi connectivity index (χ1) is 7.97. The number of rotatable bonds is 3. The molecule has 1 aliphatic heterocycles. The predicted molar refractivity (Wildman–Crippen MR) is 70.7 cm³/mol. The van der Waals surface area contributed by atoms with E-state index in [4.69, 9.17) is 0 Å². The number of likely N-dealkylation sites (tertiary alicyclic amines) is 1. The van der Waals surface area contributed by atoms with Gasteiger partial charge >= 0.3 is 0 Å². The zero-order valence-corrected chi connectivity index (χ0v) is 11.1. The Morgan fingerprint density at radius 2 is 1.88 bits per heavy atom. The Morgan fingerprint density at radius 1 is 1.24 bits per heavy atom. The fraction of sp³-hybridized carbons (Fsp3) is 0.600. The van der Waals surface area contributed by atoms with Gasteiger partial charge < -0.3 is 5.11 Å². The van der Waals surface area contributed by atoms with Crippen molar-refractivity contribution < 1.29 is 5.11 Å². The number of aliphatic hydroxyl groups is 1. The topological polar surface area (TPSA) is 23.5 Å². The minimum absolute atomic E-state index is 0.381. The molecule has 1 heterocycles. The molecule has 0 aromatic heterocycles. The van der Waals surface area contributed by atoms with Crippen LogP contribution in [0.5, 0.6) is 0 Å². The van der Waals surface area contributed by atoms with Crippen LogP contribution in [-0.2, 0) is 6.54 Å². The van der Waals surface area contributed by atoms with Gasteiger partial charge in [-0.15, -0.1) is 0 Å². The van der Waals surface area contributed by atoms with Crippen LogP contribution in [0, 0.1) is 11.8 Å². The molecule has 0 radical (unpaired) electrons. The average Bonchev–Trinajstić information content (AvgIpc) is 2.60. The van der Waals surface area contributed by atoms with E-state index in [9.17, 15) is 5.11 Å². The molecule has 1 aliphatic rings. The lowest BCUT2D eigenvalue weighted by Gasteiger charge is -2.28. The third-order valence-corrected chi connectivity index (χ3v) is 3.84. The fourth-order valence-corrected chi connectivity index (χ4v) is 2.96. The lowest BCUT2D eigenvalue weighted by Crippen LogP contribution is -2.35. The zero-order valence-electron chi connectivity index (χ0n) is 11.1. The standard InChI is InChI=1S/C15H23NO/c1-12-9-16(11-14(12)15(2,3)17)10-13-7-5-4-6-8-13/h4-8,12,14,17H,9-11H2,1-3H3. The molecule has 1 aromatic carbocycles. The summed E-state index contributed by atoms with van der Waals surface area (Å²) in [6, 6.07) is 10.6. The number of hydrogen-bond donors (Lipinski definition) is 1. The van der Waals surface area contributed by atoms with E-state index in [2.05, 4.69) is 42.2 Å². The summed E-state index contributed by atoms with van der Waals surface area (Å²) in [4.78, 5) is 2.45. The Morgan fingerprint density at radius 3 is 2.41 bits per heavy atom. The fourth-order valence-electron chi connectivity index (χ4n) is 2.96. The second-order valence-electron chi connectivity index (χ2n) is 5.92. The molecule has 2 unspecified atom stereocenters. The highest BCUT2D eigenvalue weighted by Crippen LogP contribution is 2.32. The van der Waals surface area contributed by atoms with Crippen molar-refractivity contribution in [2.24, 2.45) is 11.8 Å². The largest absolute Gasteiger partial charge is 0.390 e. The average molecular weight is 233 g/mol. The van der Waals surface area contributed by atoms with Crippen molar-refractivity contribution in [1.29, 1.82) is 0 Å². The van der Waals surface area contributed by atoms with Crippen LogP contribution in [0.15, 0.2) is 30.3 Å². The van der Waals surface area contributed by atoms with Gasteiger partial charge in [0, 0.05) is 25.6 Å². The first-order valence-corrected chi connectivity index (χ1v) is 6.45. The Kier molecular flexibility index (Phi) is 3.55. The Hall–Kier alpha value is -0.860. The smallest absolute Gasteiger partial charge is 0.0635 e. The van der Waals surface area contributed by atoms with E-state index >= 15 is 0 Å². The van der Waals surface area contributed by atoms with Gasteiger partial charge in [0.1, 0.15) is 0 Å². The normalized spacial score (nSPS) is 26.4. The van der Waals surface area contributed by atoms with Crippen molar-refractivity contribution in [2.75, 3.05) is 13.1 Å². The van der Waals surface area contributed by atoms with E-state index in [0.717, 1.165) is 19.6 Å². The molecule has 0 aliphatic carbocycles. The highest BCUT2D eigenvalue weighted by atomic mass is 16.3. The summed E-state index contributed by atoms with van der Waals surface area (Å²) in [6.45, 7) is 9.19. The van der Waals surface area contributed by atoms with Crippen LogP contribution in [0.25, 0.3) is 0 Å². The summed E-state index contributed by atoms with van der Waals surface area (Å²) in [5.74, 6) is 0.949. The van der Waals surface area contributed by atoms with Gasteiger partial charge in [-0.2, -0.15) is 0 Å². The molecule has 2 rings (SSSR count). The van der Waals surface area contributed by atoms with Crippen molar-refractivity contribution >= 4 is 0 Å². The molecule has 0 saturated carbocycles. The second-order valence-corrected chi connectivity index (χ2v) is 5.92. The van der Waals surface area contributed by atoms with Crippen LogP contribution >= 0.6 is 0 Å². The highest BCUT2D eigenvalue weighted by molar-refractivity contribution is 5.14.